The van der Waals surface area contributed by atoms with Crippen LogP contribution in [0.5, 0.6) is 5.75 Å². The lowest BCUT2D eigenvalue weighted by Crippen LogP contribution is -2.47. The van der Waals surface area contributed by atoms with Gasteiger partial charge in [-0.2, -0.15) is 0 Å². The molecule has 0 N–H and O–H groups in total. The third kappa shape index (κ3) is 5.62. The number of hydrogen-bond acceptors (Lipinski definition) is 3. The van der Waals surface area contributed by atoms with Crippen LogP contribution in [0.2, 0.25) is 5.02 Å². The second-order valence-electron chi connectivity index (χ2n) is 8.50. The third-order valence-electron chi connectivity index (χ3n) is 6.13. The quantitative estimate of drug-likeness (QED) is 0.411. The molecule has 5 heteroatoms. The Balaban J connectivity index is 1.41. The Kier molecular flexibility index (Phi) is 7.33. The number of piperazine rings is 1. The zero-order valence-electron chi connectivity index (χ0n) is 18.7. The lowest BCUT2D eigenvalue weighted by atomic mass is 10.1. The number of nitrogens with zero attached hydrogens (tertiary/aromatic N) is 2. The van der Waals surface area contributed by atoms with Crippen LogP contribution in [-0.4, -0.2) is 37.6 Å². The number of hydrogen-bond donors (Lipinski definition) is 0. The second kappa shape index (κ2) is 10.4. The molecule has 1 saturated heterocycles. The Morgan fingerprint density at radius 3 is 2.38 bits per heavy atom. The molecular formula is C27H30ClFN2O. The highest BCUT2D eigenvalue weighted by atomic mass is 35.5. The molecule has 1 aliphatic heterocycles. The molecule has 0 saturated carbocycles. The van der Waals surface area contributed by atoms with Crippen LogP contribution in [-0.2, 0) is 0 Å². The summed E-state index contributed by atoms with van der Waals surface area (Å²) in [5, 5.41) is 0.592. The van der Waals surface area contributed by atoms with E-state index in [1.807, 2.05) is 25.1 Å². The van der Waals surface area contributed by atoms with Crippen molar-refractivity contribution in [2.45, 2.75) is 26.4 Å². The highest BCUT2D eigenvalue weighted by molar-refractivity contribution is 6.32. The predicted octanol–water partition coefficient (Wildman–Crippen LogP) is 6.43. The van der Waals surface area contributed by atoms with Crippen molar-refractivity contribution in [3.05, 3.63) is 94.3 Å². The third-order valence-corrected chi connectivity index (χ3v) is 6.45. The monoisotopic (exact) mass is 452 g/mol. The van der Waals surface area contributed by atoms with E-state index in [9.17, 15) is 4.39 Å². The highest BCUT2D eigenvalue weighted by Crippen LogP contribution is 2.32. The fourth-order valence-corrected chi connectivity index (χ4v) is 4.42. The van der Waals surface area contributed by atoms with Gasteiger partial charge in [-0.15, -0.1) is 0 Å². The number of para-hydroxylation sites is 1. The van der Waals surface area contributed by atoms with Gasteiger partial charge in [0.05, 0.1) is 5.02 Å². The zero-order valence-corrected chi connectivity index (χ0v) is 19.5. The molecule has 4 rings (SSSR count). The fourth-order valence-electron chi connectivity index (χ4n) is 4.26. The van der Waals surface area contributed by atoms with Gasteiger partial charge in [-0.3, -0.25) is 4.90 Å². The molecule has 1 aliphatic rings. The normalized spacial score (nSPS) is 15.6. The smallest absolute Gasteiger partial charge is 0.139 e. The van der Waals surface area contributed by atoms with Gasteiger partial charge in [0.15, 0.2) is 0 Å². The molecule has 1 heterocycles. The largest absolute Gasteiger partial charge is 0.484 e. The van der Waals surface area contributed by atoms with Crippen molar-refractivity contribution in [3.63, 3.8) is 0 Å². The molecule has 0 radical (unpaired) electrons. The number of benzene rings is 3. The summed E-state index contributed by atoms with van der Waals surface area (Å²) in [6, 6.07) is 20.9. The van der Waals surface area contributed by atoms with Gasteiger partial charge in [-0.25, -0.2) is 4.39 Å². The van der Waals surface area contributed by atoms with Crippen LogP contribution in [0.25, 0.3) is 0 Å². The second-order valence-corrected chi connectivity index (χ2v) is 8.90. The predicted molar refractivity (Wildman–Crippen MR) is 130 cm³/mol. The topological polar surface area (TPSA) is 15.7 Å². The molecule has 168 valence electrons. The lowest BCUT2D eigenvalue weighted by Gasteiger charge is -2.37. The molecule has 0 aromatic heterocycles. The first-order chi connectivity index (χ1) is 15.5. The van der Waals surface area contributed by atoms with Crippen molar-refractivity contribution in [1.82, 2.24) is 4.90 Å². The standard InChI is InChI=1S/C27H30ClFN2O/c1-20-7-12-24(28)27(19-20)32-26(22-8-10-23(29)11-9-22)13-14-30-15-17-31(18-16-30)25-6-4-3-5-21(25)2/h3-12,19,26H,13-18H2,1-2H3. The maximum absolute atomic E-state index is 13.5. The van der Waals surface area contributed by atoms with E-state index in [1.165, 1.54) is 23.4 Å². The number of aryl methyl sites for hydroxylation is 2. The van der Waals surface area contributed by atoms with Crippen LogP contribution in [0.3, 0.4) is 0 Å². The number of ether oxygens (including phenoxy) is 1. The van der Waals surface area contributed by atoms with E-state index in [0.29, 0.717) is 10.8 Å². The summed E-state index contributed by atoms with van der Waals surface area (Å²) in [5.74, 6) is 0.429. The van der Waals surface area contributed by atoms with E-state index in [2.05, 4.69) is 41.0 Å². The van der Waals surface area contributed by atoms with Gasteiger partial charge in [-0.05, 0) is 60.9 Å². The molecule has 32 heavy (non-hydrogen) atoms. The highest BCUT2D eigenvalue weighted by Gasteiger charge is 2.21. The lowest BCUT2D eigenvalue weighted by molar-refractivity contribution is 0.160. The van der Waals surface area contributed by atoms with E-state index in [0.717, 1.165) is 50.3 Å². The van der Waals surface area contributed by atoms with Gasteiger partial charge >= 0.3 is 0 Å². The van der Waals surface area contributed by atoms with Crippen LogP contribution in [0.15, 0.2) is 66.7 Å². The molecule has 0 spiro atoms. The van der Waals surface area contributed by atoms with E-state index < -0.39 is 0 Å². The van der Waals surface area contributed by atoms with Crippen LogP contribution in [0, 0.1) is 19.7 Å². The van der Waals surface area contributed by atoms with Crippen molar-refractivity contribution < 1.29 is 9.13 Å². The van der Waals surface area contributed by atoms with Crippen LogP contribution in [0.4, 0.5) is 10.1 Å². The minimum atomic E-state index is -0.242. The van der Waals surface area contributed by atoms with E-state index in [4.69, 9.17) is 16.3 Å². The molecule has 3 nitrogen and oxygen atoms in total. The van der Waals surface area contributed by atoms with Crippen molar-refractivity contribution in [3.8, 4) is 5.75 Å². The molecule has 1 fully saturated rings. The van der Waals surface area contributed by atoms with Crippen molar-refractivity contribution in [2.75, 3.05) is 37.6 Å². The first kappa shape index (κ1) is 22.6. The van der Waals surface area contributed by atoms with Gasteiger partial charge in [0.1, 0.15) is 17.7 Å². The summed E-state index contributed by atoms with van der Waals surface area (Å²) in [4.78, 5) is 4.94. The van der Waals surface area contributed by atoms with Crippen molar-refractivity contribution in [1.29, 1.82) is 0 Å². The molecule has 3 aromatic rings. The zero-order chi connectivity index (χ0) is 22.5. The average molecular weight is 453 g/mol. The van der Waals surface area contributed by atoms with Crippen LogP contribution >= 0.6 is 11.6 Å². The summed E-state index contributed by atoms with van der Waals surface area (Å²) in [6.45, 7) is 9.14. The first-order valence-electron chi connectivity index (χ1n) is 11.2. The van der Waals surface area contributed by atoms with Gasteiger partial charge in [0.25, 0.3) is 0 Å². The maximum atomic E-state index is 13.5. The Bertz CT molecular complexity index is 1030. The Hall–Kier alpha value is -2.56. The molecule has 1 unspecified atom stereocenters. The fraction of sp³-hybridized carbons (Fsp3) is 0.333. The van der Waals surface area contributed by atoms with Gasteiger partial charge in [0, 0.05) is 44.8 Å². The van der Waals surface area contributed by atoms with Gasteiger partial charge < -0.3 is 9.64 Å². The molecule has 0 amide bonds. The maximum Gasteiger partial charge on any atom is 0.139 e. The molecular weight excluding hydrogens is 423 g/mol. The molecule has 1 atom stereocenters. The number of anilines is 1. The van der Waals surface area contributed by atoms with E-state index >= 15 is 0 Å². The van der Waals surface area contributed by atoms with Crippen LogP contribution < -0.4 is 9.64 Å². The van der Waals surface area contributed by atoms with E-state index in [1.54, 1.807) is 12.1 Å². The summed E-state index contributed by atoms with van der Waals surface area (Å²) >= 11 is 6.39. The van der Waals surface area contributed by atoms with Gasteiger partial charge in [0.2, 0.25) is 0 Å². The summed E-state index contributed by atoms with van der Waals surface area (Å²) in [7, 11) is 0. The van der Waals surface area contributed by atoms with Gasteiger partial charge in [-0.1, -0.05) is 48.0 Å². The molecule has 0 bridgehead atoms. The van der Waals surface area contributed by atoms with E-state index in [-0.39, 0.29) is 11.9 Å². The minimum Gasteiger partial charge on any atom is -0.484 e. The van der Waals surface area contributed by atoms with Crippen molar-refractivity contribution >= 4 is 17.3 Å². The SMILES string of the molecule is Cc1ccc(Cl)c(OC(CCN2CCN(c3ccccc3C)CC2)c2ccc(F)cc2)c1. The summed E-state index contributed by atoms with van der Waals surface area (Å²) < 4.78 is 19.9. The minimum absolute atomic E-state index is 0.190. The number of rotatable bonds is 7. The Labute approximate surface area is 195 Å². The summed E-state index contributed by atoms with van der Waals surface area (Å²) in [5.41, 5.74) is 4.70. The van der Waals surface area contributed by atoms with Crippen molar-refractivity contribution in [2.24, 2.45) is 0 Å². The number of halogens is 2. The first-order valence-corrected chi connectivity index (χ1v) is 11.6. The average Bonchev–Trinajstić information content (AvgIpc) is 2.80. The Morgan fingerprint density at radius 2 is 1.66 bits per heavy atom. The summed E-state index contributed by atoms with van der Waals surface area (Å²) in [6.07, 6.45) is 0.615. The molecule has 0 aliphatic carbocycles. The van der Waals surface area contributed by atoms with Crippen LogP contribution in [0.1, 0.15) is 29.2 Å². The Morgan fingerprint density at radius 1 is 0.938 bits per heavy atom. The molecule has 3 aromatic carbocycles.